The van der Waals surface area contributed by atoms with Crippen molar-refractivity contribution >= 4 is 33.1 Å². The number of hydrogen-bond acceptors (Lipinski definition) is 4. The van der Waals surface area contributed by atoms with Gasteiger partial charge in [0.2, 0.25) is 0 Å². The number of thiophene rings is 1. The van der Waals surface area contributed by atoms with Crippen LogP contribution in [-0.4, -0.2) is 15.5 Å². The number of hydrogen-bond donors (Lipinski definition) is 1. The van der Waals surface area contributed by atoms with Crippen LogP contribution in [0.2, 0.25) is 0 Å². The van der Waals surface area contributed by atoms with Gasteiger partial charge in [-0.05, 0) is 68.2 Å². The first-order valence-corrected chi connectivity index (χ1v) is 11.4. The lowest BCUT2D eigenvalue weighted by atomic mass is 9.90. The highest BCUT2D eigenvalue weighted by atomic mass is 32.1. The first-order valence-electron chi connectivity index (χ1n) is 10.6. The van der Waals surface area contributed by atoms with Crippen LogP contribution in [-0.2, 0) is 25.8 Å². The summed E-state index contributed by atoms with van der Waals surface area (Å²) in [5, 5.41) is 3.73. The van der Waals surface area contributed by atoms with E-state index in [1.165, 1.54) is 28.9 Å². The van der Waals surface area contributed by atoms with Gasteiger partial charge in [-0.25, -0.2) is 4.98 Å². The molecule has 0 unspecified atom stereocenters. The maximum absolute atomic E-state index is 13.1. The van der Waals surface area contributed by atoms with Crippen molar-refractivity contribution in [3.8, 4) is 0 Å². The van der Waals surface area contributed by atoms with E-state index in [-0.39, 0.29) is 11.5 Å². The van der Waals surface area contributed by atoms with Gasteiger partial charge in [0.05, 0.1) is 10.3 Å². The lowest BCUT2D eigenvalue weighted by Crippen LogP contribution is -2.24. The fraction of sp³-hybridized carbons (Fsp3) is 0.435. The van der Waals surface area contributed by atoms with Gasteiger partial charge in [0.1, 0.15) is 10.7 Å². The van der Waals surface area contributed by atoms with Crippen molar-refractivity contribution in [1.29, 1.82) is 0 Å². The molecule has 150 valence electrons. The molecule has 1 N–H and O–H groups in total. The largest absolute Gasteiger partial charge is 0.321 e. The van der Waals surface area contributed by atoms with Crippen molar-refractivity contribution in [2.75, 3.05) is 5.32 Å². The SMILES string of the molecule is Cc1c(C(=O)Nc2cccc3c2CCCC3)sc2nc3n(c(=O)c12)CCCCC3. The average Bonchev–Trinajstić information content (AvgIpc) is 2.89. The molecule has 1 aromatic carbocycles. The molecule has 6 heteroatoms. The van der Waals surface area contributed by atoms with Crippen LogP contribution < -0.4 is 10.9 Å². The molecule has 1 aliphatic heterocycles. The Morgan fingerprint density at radius 3 is 2.83 bits per heavy atom. The van der Waals surface area contributed by atoms with Gasteiger partial charge in [0.15, 0.2) is 0 Å². The summed E-state index contributed by atoms with van der Waals surface area (Å²) < 4.78 is 1.82. The number of carbonyl (C=O) groups is 1. The Morgan fingerprint density at radius 2 is 1.93 bits per heavy atom. The van der Waals surface area contributed by atoms with E-state index in [0.717, 1.165) is 68.6 Å². The summed E-state index contributed by atoms with van der Waals surface area (Å²) in [7, 11) is 0. The zero-order valence-corrected chi connectivity index (χ0v) is 17.5. The third kappa shape index (κ3) is 3.19. The minimum absolute atomic E-state index is 0.0109. The van der Waals surface area contributed by atoms with Crippen molar-refractivity contribution < 1.29 is 4.79 Å². The van der Waals surface area contributed by atoms with Crippen LogP contribution in [0.25, 0.3) is 10.2 Å². The molecule has 2 aliphatic rings. The molecule has 5 nitrogen and oxygen atoms in total. The van der Waals surface area contributed by atoms with Crippen LogP contribution in [0, 0.1) is 6.92 Å². The number of aryl methyl sites for hydroxylation is 3. The number of carbonyl (C=O) groups excluding carboxylic acids is 1. The second-order valence-corrected chi connectivity index (χ2v) is 9.14. The summed E-state index contributed by atoms with van der Waals surface area (Å²) in [6.45, 7) is 2.60. The van der Waals surface area contributed by atoms with Crippen LogP contribution in [0.1, 0.15) is 64.3 Å². The number of aromatic nitrogens is 2. The second kappa shape index (κ2) is 7.41. The number of nitrogens with one attached hydrogen (secondary N) is 1. The predicted octanol–water partition coefficient (Wildman–Crippen LogP) is 4.62. The van der Waals surface area contributed by atoms with Crippen molar-refractivity contribution in [2.45, 2.75) is 64.8 Å². The zero-order chi connectivity index (χ0) is 20.0. The quantitative estimate of drug-likeness (QED) is 0.674. The predicted molar refractivity (Wildman–Crippen MR) is 117 cm³/mol. The summed E-state index contributed by atoms with van der Waals surface area (Å²) in [6.07, 6.45) is 8.49. The fourth-order valence-corrected chi connectivity index (χ4v) is 5.79. The van der Waals surface area contributed by atoms with E-state index < -0.39 is 0 Å². The molecule has 1 aliphatic carbocycles. The van der Waals surface area contributed by atoms with E-state index in [2.05, 4.69) is 11.4 Å². The fourth-order valence-electron chi connectivity index (χ4n) is 4.70. The molecule has 0 fully saturated rings. The Balaban J connectivity index is 1.54. The summed E-state index contributed by atoms with van der Waals surface area (Å²) in [6, 6.07) is 6.16. The highest BCUT2D eigenvalue weighted by Crippen LogP contribution is 2.31. The van der Waals surface area contributed by atoms with Crippen molar-refractivity contribution in [2.24, 2.45) is 0 Å². The van der Waals surface area contributed by atoms with Gasteiger partial charge in [-0.2, -0.15) is 0 Å². The number of nitrogens with zero attached hydrogens (tertiary/aromatic N) is 2. The Hall–Kier alpha value is -2.47. The average molecular weight is 408 g/mol. The summed E-state index contributed by atoms with van der Waals surface area (Å²) in [5.74, 6) is 0.731. The Bertz CT molecular complexity index is 1180. The molecule has 0 saturated heterocycles. The smallest absolute Gasteiger partial charge is 0.266 e. The van der Waals surface area contributed by atoms with Gasteiger partial charge in [0.25, 0.3) is 11.5 Å². The molecule has 0 radical (unpaired) electrons. The minimum atomic E-state index is -0.135. The van der Waals surface area contributed by atoms with Crippen molar-refractivity contribution in [3.05, 3.63) is 55.9 Å². The lowest BCUT2D eigenvalue weighted by Gasteiger charge is -2.19. The van der Waals surface area contributed by atoms with Gasteiger partial charge in [-0.1, -0.05) is 18.6 Å². The van der Waals surface area contributed by atoms with Crippen LogP contribution in [0.4, 0.5) is 5.69 Å². The van der Waals surface area contributed by atoms with Crippen LogP contribution in [0.3, 0.4) is 0 Å². The molecule has 3 heterocycles. The molecule has 1 amide bonds. The number of benzene rings is 1. The molecule has 5 rings (SSSR count). The number of fused-ring (bicyclic) bond motifs is 3. The Morgan fingerprint density at radius 1 is 1.10 bits per heavy atom. The maximum atomic E-state index is 13.1. The highest BCUT2D eigenvalue weighted by Gasteiger charge is 2.23. The van der Waals surface area contributed by atoms with Crippen LogP contribution in [0.5, 0.6) is 0 Å². The summed E-state index contributed by atoms with van der Waals surface area (Å²) in [4.78, 5) is 32.3. The van der Waals surface area contributed by atoms with Crippen LogP contribution >= 0.6 is 11.3 Å². The van der Waals surface area contributed by atoms with E-state index in [1.54, 1.807) is 0 Å². The van der Waals surface area contributed by atoms with E-state index in [1.807, 2.05) is 23.6 Å². The first kappa shape index (κ1) is 18.6. The summed E-state index contributed by atoms with van der Waals surface area (Å²) in [5.41, 5.74) is 4.27. The first-order chi connectivity index (χ1) is 14.1. The number of anilines is 1. The van der Waals surface area contributed by atoms with Crippen LogP contribution in [0.15, 0.2) is 23.0 Å². The van der Waals surface area contributed by atoms with Gasteiger partial charge in [-0.3, -0.25) is 14.2 Å². The van der Waals surface area contributed by atoms with E-state index >= 15 is 0 Å². The van der Waals surface area contributed by atoms with E-state index in [0.29, 0.717) is 15.1 Å². The molecule has 0 bridgehead atoms. The topological polar surface area (TPSA) is 64.0 Å². The van der Waals surface area contributed by atoms with Gasteiger partial charge < -0.3 is 5.32 Å². The molecular formula is C23H25N3O2S. The lowest BCUT2D eigenvalue weighted by molar-refractivity contribution is 0.103. The Labute approximate surface area is 173 Å². The third-order valence-electron chi connectivity index (χ3n) is 6.26. The molecule has 2 aromatic heterocycles. The minimum Gasteiger partial charge on any atom is -0.321 e. The normalized spacial score (nSPS) is 16.2. The van der Waals surface area contributed by atoms with E-state index in [4.69, 9.17) is 4.98 Å². The third-order valence-corrected chi connectivity index (χ3v) is 7.45. The zero-order valence-electron chi connectivity index (χ0n) is 16.7. The standard InChI is InChI=1S/C23H25N3O2S/c1-14-19-22(25-18-12-3-2-6-13-26(18)23(19)28)29-20(14)21(27)24-17-11-7-9-15-8-4-5-10-16(15)17/h7,9,11H,2-6,8,10,12-13H2,1H3,(H,24,27). The maximum Gasteiger partial charge on any atom is 0.266 e. The number of rotatable bonds is 2. The molecule has 0 atom stereocenters. The van der Waals surface area contributed by atoms with Gasteiger partial charge in [-0.15, -0.1) is 11.3 Å². The Kier molecular flexibility index (Phi) is 4.74. The molecule has 0 spiro atoms. The van der Waals surface area contributed by atoms with Gasteiger partial charge >= 0.3 is 0 Å². The van der Waals surface area contributed by atoms with Crippen molar-refractivity contribution in [3.63, 3.8) is 0 Å². The number of amides is 1. The molecular weight excluding hydrogens is 382 g/mol. The van der Waals surface area contributed by atoms with Crippen molar-refractivity contribution in [1.82, 2.24) is 9.55 Å². The van der Waals surface area contributed by atoms with E-state index in [9.17, 15) is 9.59 Å². The monoisotopic (exact) mass is 407 g/mol. The molecule has 29 heavy (non-hydrogen) atoms. The molecule has 3 aromatic rings. The molecule has 0 saturated carbocycles. The highest BCUT2D eigenvalue weighted by molar-refractivity contribution is 7.20. The van der Waals surface area contributed by atoms with Gasteiger partial charge in [0, 0.05) is 18.7 Å². The summed E-state index contributed by atoms with van der Waals surface area (Å²) >= 11 is 1.35. The second-order valence-electron chi connectivity index (χ2n) is 8.14.